The third-order valence-electron chi connectivity index (χ3n) is 3.40. The highest BCUT2D eigenvalue weighted by Gasteiger charge is 2.17. The minimum absolute atomic E-state index is 0.131. The van der Waals surface area contributed by atoms with Crippen molar-refractivity contribution in [1.82, 2.24) is 10.6 Å². The van der Waals surface area contributed by atoms with Crippen LogP contribution in [0.25, 0.3) is 0 Å². The Morgan fingerprint density at radius 2 is 1.79 bits per heavy atom. The van der Waals surface area contributed by atoms with Gasteiger partial charge in [-0.15, -0.1) is 0 Å². The second-order valence-electron chi connectivity index (χ2n) is 5.34. The third-order valence-corrected chi connectivity index (χ3v) is 3.63. The first-order valence-corrected chi connectivity index (χ1v) is 7.88. The van der Waals surface area contributed by atoms with Crippen molar-refractivity contribution in [2.45, 2.75) is 19.4 Å². The van der Waals surface area contributed by atoms with E-state index in [9.17, 15) is 14.0 Å². The number of carbonyl (C=O) groups excluding carboxylic acids is 2. The monoisotopic (exact) mass is 348 g/mol. The SMILES string of the molecule is CC(=O)NCCC(=O)NC(c1cccc(F)c1)c1cccc(Cl)c1. The molecule has 4 nitrogen and oxygen atoms in total. The lowest BCUT2D eigenvalue weighted by Crippen LogP contribution is -2.32. The van der Waals surface area contributed by atoms with Gasteiger partial charge in [-0.3, -0.25) is 9.59 Å². The standard InChI is InChI=1S/C18H18ClFN2O2/c1-12(23)21-9-8-17(24)22-18(13-4-2-6-15(19)10-13)14-5-3-7-16(20)11-14/h2-7,10-11,18H,8-9H2,1H3,(H,21,23)(H,22,24). The highest BCUT2D eigenvalue weighted by Crippen LogP contribution is 2.25. The van der Waals surface area contributed by atoms with Crippen LogP contribution in [0.1, 0.15) is 30.5 Å². The molecule has 2 aromatic rings. The van der Waals surface area contributed by atoms with E-state index in [-0.39, 0.29) is 30.6 Å². The first-order chi connectivity index (χ1) is 11.5. The van der Waals surface area contributed by atoms with Gasteiger partial charge in [-0.1, -0.05) is 35.9 Å². The summed E-state index contributed by atoms with van der Waals surface area (Å²) in [5, 5.41) is 5.96. The summed E-state index contributed by atoms with van der Waals surface area (Å²) < 4.78 is 13.6. The van der Waals surface area contributed by atoms with Crippen molar-refractivity contribution in [1.29, 1.82) is 0 Å². The van der Waals surface area contributed by atoms with Crippen LogP contribution < -0.4 is 10.6 Å². The maximum Gasteiger partial charge on any atom is 0.222 e. The van der Waals surface area contributed by atoms with Gasteiger partial charge in [0, 0.05) is 24.9 Å². The molecule has 0 saturated carbocycles. The fourth-order valence-electron chi connectivity index (χ4n) is 2.32. The molecule has 0 bridgehead atoms. The molecule has 0 aliphatic rings. The minimum Gasteiger partial charge on any atom is -0.356 e. The zero-order valence-corrected chi connectivity index (χ0v) is 13.9. The maximum absolute atomic E-state index is 13.6. The molecule has 0 aliphatic carbocycles. The van der Waals surface area contributed by atoms with Crippen molar-refractivity contribution in [3.8, 4) is 0 Å². The van der Waals surface area contributed by atoms with Crippen LogP contribution in [0.15, 0.2) is 48.5 Å². The lowest BCUT2D eigenvalue weighted by Gasteiger charge is -2.20. The molecule has 24 heavy (non-hydrogen) atoms. The molecule has 0 radical (unpaired) electrons. The van der Waals surface area contributed by atoms with Crippen molar-refractivity contribution in [2.24, 2.45) is 0 Å². The quantitative estimate of drug-likeness (QED) is 0.842. The normalized spacial score (nSPS) is 11.6. The van der Waals surface area contributed by atoms with Crippen LogP contribution in [0.5, 0.6) is 0 Å². The molecule has 1 atom stereocenters. The third kappa shape index (κ3) is 5.35. The molecule has 126 valence electrons. The summed E-state index contributed by atoms with van der Waals surface area (Å²) in [6.45, 7) is 1.63. The van der Waals surface area contributed by atoms with Crippen LogP contribution in [0.3, 0.4) is 0 Å². The zero-order chi connectivity index (χ0) is 17.5. The molecule has 0 aliphatic heterocycles. The van der Waals surface area contributed by atoms with Gasteiger partial charge in [-0.2, -0.15) is 0 Å². The van der Waals surface area contributed by atoms with Gasteiger partial charge < -0.3 is 10.6 Å². The Bertz CT molecular complexity index is 691. The molecule has 0 fully saturated rings. The first-order valence-electron chi connectivity index (χ1n) is 7.50. The van der Waals surface area contributed by atoms with Crippen molar-refractivity contribution < 1.29 is 14.0 Å². The van der Waals surface area contributed by atoms with Gasteiger partial charge in [0.2, 0.25) is 11.8 Å². The van der Waals surface area contributed by atoms with Gasteiger partial charge in [0.1, 0.15) is 5.82 Å². The number of halogens is 2. The predicted molar refractivity (Wildman–Crippen MR) is 91.1 cm³/mol. The van der Waals surface area contributed by atoms with Crippen LogP contribution in [0.2, 0.25) is 5.02 Å². The van der Waals surface area contributed by atoms with E-state index < -0.39 is 6.04 Å². The largest absolute Gasteiger partial charge is 0.356 e. The summed E-state index contributed by atoms with van der Waals surface area (Å²) in [6, 6.07) is 12.6. The molecular formula is C18H18ClFN2O2. The Morgan fingerprint density at radius 3 is 2.42 bits per heavy atom. The van der Waals surface area contributed by atoms with E-state index in [1.54, 1.807) is 30.3 Å². The summed E-state index contributed by atoms with van der Waals surface area (Å²) in [7, 11) is 0. The highest BCUT2D eigenvalue weighted by molar-refractivity contribution is 6.30. The highest BCUT2D eigenvalue weighted by atomic mass is 35.5. The maximum atomic E-state index is 13.6. The Hall–Kier alpha value is -2.40. The number of nitrogens with one attached hydrogen (secondary N) is 2. The predicted octanol–water partition coefficient (Wildman–Crippen LogP) is 3.21. The van der Waals surface area contributed by atoms with Gasteiger partial charge in [-0.05, 0) is 35.4 Å². The Kier molecular flexibility index (Phi) is 6.32. The van der Waals surface area contributed by atoms with E-state index in [0.29, 0.717) is 10.6 Å². The van der Waals surface area contributed by atoms with Crippen molar-refractivity contribution in [3.63, 3.8) is 0 Å². The van der Waals surface area contributed by atoms with Gasteiger partial charge in [0.25, 0.3) is 0 Å². The molecule has 2 aromatic carbocycles. The number of benzene rings is 2. The van der Waals surface area contributed by atoms with Gasteiger partial charge >= 0.3 is 0 Å². The van der Waals surface area contributed by atoms with Crippen LogP contribution >= 0.6 is 11.6 Å². The minimum atomic E-state index is -0.524. The van der Waals surface area contributed by atoms with Gasteiger partial charge in [-0.25, -0.2) is 4.39 Å². The molecule has 0 aromatic heterocycles. The fourth-order valence-corrected chi connectivity index (χ4v) is 2.52. The van der Waals surface area contributed by atoms with E-state index >= 15 is 0 Å². The molecular weight excluding hydrogens is 331 g/mol. The summed E-state index contributed by atoms with van der Waals surface area (Å²) >= 11 is 6.03. The second kappa shape index (κ2) is 8.45. The van der Waals surface area contributed by atoms with Crippen LogP contribution in [-0.4, -0.2) is 18.4 Å². The van der Waals surface area contributed by atoms with Crippen LogP contribution in [0.4, 0.5) is 4.39 Å². The van der Waals surface area contributed by atoms with E-state index in [0.717, 1.165) is 5.56 Å². The summed E-state index contributed by atoms with van der Waals surface area (Å²) in [5.41, 5.74) is 1.37. The van der Waals surface area contributed by atoms with Crippen molar-refractivity contribution in [2.75, 3.05) is 6.54 Å². The molecule has 2 N–H and O–H groups in total. The van der Waals surface area contributed by atoms with E-state index in [1.165, 1.54) is 19.1 Å². The molecule has 2 amide bonds. The van der Waals surface area contributed by atoms with E-state index in [1.807, 2.05) is 6.07 Å². The molecule has 0 heterocycles. The van der Waals surface area contributed by atoms with Gasteiger partial charge in [0.05, 0.1) is 6.04 Å². The fraction of sp³-hybridized carbons (Fsp3) is 0.222. The van der Waals surface area contributed by atoms with Gasteiger partial charge in [0.15, 0.2) is 0 Å². The zero-order valence-electron chi connectivity index (χ0n) is 13.2. The molecule has 2 rings (SSSR count). The Balaban J connectivity index is 2.20. The number of rotatable bonds is 6. The number of hydrogen-bond donors (Lipinski definition) is 2. The smallest absolute Gasteiger partial charge is 0.222 e. The van der Waals surface area contributed by atoms with Crippen LogP contribution in [-0.2, 0) is 9.59 Å². The number of hydrogen-bond acceptors (Lipinski definition) is 2. The molecule has 6 heteroatoms. The topological polar surface area (TPSA) is 58.2 Å². The Morgan fingerprint density at radius 1 is 1.12 bits per heavy atom. The van der Waals surface area contributed by atoms with Crippen LogP contribution in [0, 0.1) is 5.82 Å². The average molecular weight is 349 g/mol. The van der Waals surface area contributed by atoms with E-state index in [4.69, 9.17) is 11.6 Å². The molecule has 0 spiro atoms. The average Bonchev–Trinajstić information content (AvgIpc) is 2.52. The molecule has 1 unspecified atom stereocenters. The number of amides is 2. The summed E-state index contributed by atoms with van der Waals surface area (Å²) in [5.74, 6) is -0.829. The van der Waals surface area contributed by atoms with Crippen molar-refractivity contribution in [3.05, 3.63) is 70.5 Å². The number of carbonyl (C=O) groups is 2. The first kappa shape index (κ1) is 17.9. The molecule has 0 saturated heterocycles. The summed E-state index contributed by atoms with van der Waals surface area (Å²) in [6.07, 6.45) is 0.131. The second-order valence-corrected chi connectivity index (χ2v) is 5.78. The van der Waals surface area contributed by atoms with Crippen molar-refractivity contribution >= 4 is 23.4 Å². The lowest BCUT2D eigenvalue weighted by atomic mass is 9.98. The van der Waals surface area contributed by atoms with E-state index in [2.05, 4.69) is 10.6 Å². The lowest BCUT2D eigenvalue weighted by molar-refractivity contribution is -0.122. The Labute approximate surface area is 145 Å². The summed E-state index contributed by atoms with van der Waals surface area (Å²) in [4.78, 5) is 23.0.